The molecule has 0 bridgehead atoms. The highest BCUT2D eigenvalue weighted by Crippen LogP contribution is 2.57. The summed E-state index contributed by atoms with van der Waals surface area (Å²) in [5, 5.41) is 39.1. The number of fused-ring (bicyclic) bond motifs is 7. The molecule has 4 heterocycles. The van der Waals surface area contributed by atoms with Crippen molar-refractivity contribution in [3.05, 3.63) is 212 Å². The molecule has 18 heteroatoms. The van der Waals surface area contributed by atoms with Crippen LogP contribution in [0.5, 0.6) is 0 Å². The van der Waals surface area contributed by atoms with Crippen LogP contribution in [0.4, 0.5) is 10.0 Å². The Morgan fingerprint density at radius 2 is 0.750 bits per heavy atom. The van der Waals surface area contributed by atoms with E-state index in [9.17, 15) is 40.2 Å². The van der Waals surface area contributed by atoms with Gasteiger partial charge in [0, 0.05) is 43.9 Å². The molecule has 6 aromatic rings. The summed E-state index contributed by atoms with van der Waals surface area (Å²) in [6.07, 6.45) is 6.99. The van der Waals surface area contributed by atoms with Crippen LogP contribution in [-0.4, -0.2) is 35.3 Å². The summed E-state index contributed by atoms with van der Waals surface area (Å²) in [6.45, 7) is -0.997. The molecule has 370 valence electrons. The summed E-state index contributed by atoms with van der Waals surface area (Å²) in [7, 11) is 0. The van der Waals surface area contributed by atoms with Crippen molar-refractivity contribution in [3.8, 4) is 24.3 Å². The molecule has 10 rings (SSSR count). The minimum absolute atomic E-state index is 0.0233. The molecule has 16 nitrogen and oxygen atoms in total. The second-order valence-electron chi connectivity index (χ2n) is 17.2. The highest BCUT2D eigenvalue weighted by Gasteiger charge is 2.61. The lowest BCUT2D eigenvalue weighted by Gasteiger charge is -2.41. The lowest BCUT2D eigenvalue weighted by molar-refractivity contribution is -0.191. The molecule has 2 aromatic heterocycles. The van der Waals surface area contributed by atoms with Gasteiger partial charge >= 0.3 is 35.1 Å². The Balaban J connectivity index is 1.12. The Kier molecular flexibility index (Phi) is 13.9. The van der Waals surface area contributed by atoms with Crippen LogP contribution in [0.2, 0.25) is 0 Å². The van der Waals surface area contributed by atoms with Gasteiger partial charge in [0.25, 0.3) is 0 Å². The first-order chi connectivity index (χ1) is 37.1. The number of ether oxygens (including phenoxy) is 6. The lowest BCUT2D eigenvalue weighted by atomic mass is 9.75. The number of hydrogen-bond donors (Lipinski definition) is 0. The van der Waals surface area contributed by atoms with E-state index in [2.05, 4.69) is 9.98 Å². The maximum Gasteiger partial charge on any atom is 0.367 e. The number of carbonyl (C=O) groups excluding carboxylic acids is 4. The van der Waals surface area contributed by atoms with E-state index in [0.29, 0.717) is 43.2 Å². The third-order valence-corrected chi connectivity index (χ3v) is 14.6. The first kappa shape index (κ1) is 49.6. The van der Waals surface area contributed by atoms with E-state index in [4.69, 9.17) is 28.4 Å². The number of esters is 4. The summed E-state index contributed by atoms with van der Waals surface area (Å²) in [4.78, 5) is 68.7. The SMILES string of the molecule is N#CC(C#N)=Nc1cc2c(s1)C1=CC3C=C4OC(C(=O)OCc5ccccc5)(C(=O)OCc5ccccc5)c5cc(N=C(C#N)C#N)sc5C4=CC3C=C1OC2(C(=O)OCc1ccccc1)C(=O)OCc1ccccc1. The number of allylic oxidation sites excluding steroid dienone is 6. The molecule has 2 atom stereocenters. The molecule has 0 N–H and O–H groups in total. The molecule has 2 aliphatic heterocycles. The van der Waals surface area contributed by atoms with E-state index in [1.807, 2.05) is 0 Å². The first-order valence-electron chi connectivity index (χ1n) is 23.2. The second-order valence-corrected chi connectivity index (χ2v) is 19.3. The molecule has 2 unspecified atom stereocenters. The van der Waals surface area contributed by atoms with Crippen molar-refractivity contribution in [2.75, 3.05) is 0 Å². The van der Waals surface area contributed by atoms with Crippen LogP contribution in [0.25, 0.3) is 11.1 Å². The predicted molar refractivity (Wildman–Crippen MR) is 275 cm³/mol. The third kappa shape index (κ3) is 9.45. The first-order valence-corrected chi connectivity index (χ1v) is 24.9. The average molecular weight is 1040 g/mol. The number of rotatable bonds is 14. The van der Waals surface area contributed by atoms with Gasteiger partial charge in [-0.25, -0.2) is 29.2 Å². The van der Waals surface area contributed by atoms with Crippen molar-refractivity contribution in [2.45, 2.75) is 37.6 Å². The molecule has 4 aliphatic rings. The fourth-order valence-electron chi connectivity index (χ4n) is 8.84. The number of benzene rings is 4. The quantitative estimate of drug-likeness (QED) is 0.0427. The van der Waals surface area contributed by atoms with Crippen molar-refractivity contribution in [2.24, 2.45) is 21.8 Å². The van der Waals surface area contributed by atoms with Crippen LogP contribution in [0.3, 0.4) is 0 Å². The molecule has 0 amide bonds. The van der Waals surface area contributed by atoms with Gasteiger partial charge in [-0.2, -0.15) is 21.0 Å². The van der Waals surface area contributed by atoms with Crippen LogP contribution < -0.4 is 0 Å². The number of hydrogen-bond acceptors (Lipinski definition) is 18. The molecule has 0 saturated heterocycles. The monoisotopic (exact) mass is 1040 g/mol. The molecule has 2 aliphatic carbocycles. The van der Waals surface area contributed by atoms with Crippen molar-refractivity contribution in [3.63, 3.8) is 0 Å². The lowest BCUT2D eigenvalue weighted by Crippen LogP contribution is -2.51. The Morgan fingerprint density at radius 3 is 1.03 bits per heavy atom. The van der Waals surface area contributed by atoms with Gasteiger partial charge in [-0.3, -0.25) is 0 Å². The third-order valence-electron chi connectivity index (χ3n) is 12.5. The van der Waals surface area contributed by atoms with Gasteiger partial charge in [0.1, 0.15) is 72.2 Å². The summed E-state index contributed by atoms with van der Waals surface area (Å²) in [6, 6.07) is 45.0. The highest BCUT2D eigenvalue weighted by atomic mass is 32.1. The van der Waals surface area contributed by atoms with E-state index in [-0.39, 0.29) is 59.1 Å². The summed E-state index contributed by atoms with van der Waals surface area (Å²) < 4.78 is 37.1. The molecular formula is C58H36N6O10S2. The molecular weight excluding hydrogens is 1000 g/mol. The fraction of sp³-hybridized carbons (Fsp3) is 0.138. The molecule has 4 aromatic carbocycles. The second kappa shape index (κ2) is 21.2. The molecule has 76 heavy (non-hydrogen) atoms. The van der Waals surface area contributed by atoms with E-state index in [1.165, 1.54) is 12.1 Å². The van der Waals surface area contributed by atoms with Gasteiger partial charge in [0.05, 0.1) is 0 Å². The molecule has 0 spiro atoms. The molecule has 0 radical (unpaired) electrons. The molecule has 0 fully saturated rings. The van der Waals surface area contributed by atoms with Crippen molar-refractivity contribution in [1.29, 1.82) is 21.0 Å². The number of thiophene rings is 2. The largest absolute Gasteiger partial charge is 0.459 e. The zero-order chi connectivity index (χ0) is 52.8. The average Bonchev–Trinajstić information content (AvgIpc) is 4.20. The zero-order valence-corrected chi connectivity index (χ0v) is 41.2. The van der Waals surface area contributed by atoms with E-state index in [0.717, 1.165) is 22.7 Å². The van der Waals surface area contributed by atoms with Crippen molar-refractivity contribution in [1.82, 2.24) is 0 Å². The van der Waals surface area contributed by atoms with E-state index < -0.39 is 58.3 Å². The van der Waals surface area contributed by atoms with Gasteiger partial charge < -0.3 is 28.4 Å². The Hall–Kier alpha value is -9.98. The van der Waals surface area contributed by atoms with Gasteiger partial charge in [0.2, 0.25) is 11.4 Å². The van der Waals surface area contributed by atoms with Gasteiger partial charge in [-0.05, 0) is 46.5 Å². The summed E-state index contributed by atoms with van der Waals surface area (Å²) in [5.74, 6) is -5.60. The number of nitriles is 4. The van der Waals surface area contributed by atoms with Gasteiger partial charge in [-0.15, -0.1) is 22.7 Å². The number of carbonyl (C=O) groups is 4. The maximum atomic E-state index is 14.9. The van der Waals surface area contributed by atoms with Crippen molar-refractivity contribution < 1.29 is 47.6 Å². The van der Waals surface area contributed by atoms with Crippen LogP contribution >= 0.6 is 22.7 Å². The van der Waals surface area contributed by atoms with Crippen LogP contribution in [0, 0.1) is 57.2 Å². The predicted octanol–water partition coefficient (Wildman–Crippen LogP) is 9.97. The minimum atomic E-state index is -2.61. The van der Waals surface area contributed by atoms with Gasteiger partial charge in [0.15, 0.2) is 0 Å². The van der Waals surface area contributed by atoms with E-state index >= 15 is 0 Å². The van der Waals surface area contributed by atoms with Crippen LogP contribution in [0.1, 0.15) is 43.1 Å². The highest BCUT2D eigenvalue weighted by molar-refractivity contribution is 7.17. The smallest absolute Gasteiger partial charge is 0.367 e. The topological polar surface area (TPSA) is 244 Å². The normalized spacial score (nSPS) is 16.5. The summed E-state index contributed by atoms with van der Waals surface area (Å²) >= 11 is 1.97. The van der Waals surface area contributed by atoms with Gasteiger partial charge in [-0.1, -0.05) is 133 Å². The Labute approximate surface area is 441 Å². The molecule has 0 saturated carbocycles. The number of aliphatic imine (C=N–C) groups is 2. The maximum absolute atomic E-state index is 14.9. The van der Waals surface area contributed by atoms with Crippen molar-refractivity contribution >= 4 is 79.1 Å². The Morgan fingerprint density at radius 1 is 0.461 bits per heavy atom. The minimum Gasteiger partial charge on any atom is -0.459 e. The Bertz CT molecular complexity index is 3310. The zero-order valence-electron chi connectivity index (χ0n) is 39.6. The summed E-state index contributed by atoms with van der Waals surface area (Å²) in [5.41, 5.74) is -3.02. The standard InChI is InChI=1S/C58H36N6O10S2/c59-27-41(28-60)63-49-25-45-51(75-49)43-21-40-24-48-44(22-39(40)23-47(43)73-57(45,53(65)69-31-35-13-5-1-6-14-35)54(66)70-32-36-15-7-2-8-16-36)52-46(26-50(76-52)64-42(29-61)30-62)58(74-48,55(67)71-33-37-17-9-3-10-18-37)56(68)72-34-38-19-11-4-12-20-38/h1-26,39-40H,31-34H2. The number of nitrogens with zero attached hydrogens (tertiary/aromatic N) is 6. The fourth-order valence-corrected chi connectivity index (χ4v) is 11.1. The van der Waals surface area contributed by atoms with Crippen LogP contribution in [-0.2, 0) is 85.2 Å². The van der Waals surface area contributed by atoms with Crippen LogP contribution in [0.15, 0.2) is 179 Å². The van der Waals surface area contributed by atoms with E-state index in [1.54, 1.807) is 170 Å².